The fourth-order valence-corrected chi connectivity index (χ4v) is 6.04. The van der Waals surface area contributed by atoms with Crippen LogP contribution in [0.1, 0.15) is 22.3 Å². The van der Waals surface area contributed by atoms with Crippen molar-refractivity contribution in [1.82, 2.24) is 0 Å². The van der Waals surface area contributed by atoms with E-state index in [-0.39, 0.29) is 0 Å². The largest absolute Gasteiger partial charge is 0.497 e. The van der Waals surface area contributed by atoms with Crippen LogP contribution in [-0.2, 0) is 0 Å². The van der Waals surface area contributed by atoms with Crippen LogP contribution in [0.2, 0.25) is 0 Å². The molecule has 0 unspecified atom stereocenters. The second-order valence-corrected chi connectivity index (χ2v) is 11.2. The molecule has 7 aromatic rings. The van der Waals surface area contributed by atoms with Crippen LogP contribution in [0.15, 0.2) is 120 Å². The van der Waals surface area contributed by atoms with Gasteiger partial charge in [0.15, 0.2) is 0 Å². The van der Waals surface area contributed by atoms with E-state index in [2.05, 4.69) is 118 Å². The highest BCUT2D eigenvalue weighted by molar-refractivity contribution is 9.10. The summed E-state index contributed by atoms with van der Waals surface area (Å²) < 4.78 is 11.9. The molecule has 2 nitrogen and oxygen atoms in total. The van der Waals surface area contributed by atoms with Crippen LogP contribution in [0.4, 0.5) is 0 Å². The van der Waals surface area contributed by atoms with Crippen LogP contribution in [0.5, 0.6) is 11.5 Å². The van der Waals surface area contributed by atoms with E-state index in [1.165, 1.54) is 0 Å². The van der Waals surface area contributed by atoms with Crippen LogP contribution in [0.25, 0.3) is 43.1 Å². The van der Waals surface area contributed by atoms with E-state index in [1.54, 1.807) is 14.2 Å². The molecule has 0 aliphatic carbocycles. The van der Waals surface area contributed by atoms with Gasteiger partial charge >= 0.3 is 0 Å². The molecule has 0 atom stereocenters. The third kappa shape index (κ3) is 4.95. The second kappa shape index (κ2) is 11.2. The molecule has 0 heterocycles. The van der Waals surface area contributed by atoms with Gasteiger partial charge in [0, 0.05) is 32.1 Å². The van der Waals surface area contributed by atoms with E-state index in [0.29, 0.717) is 0 Å². The van der Waals surface area contributed by atoms with Crippen molar-refractivity contribution in [1.29, 1.82) is 0 Å². The molecule has 0 amide bonds. The van der Waals surface area contributed by atoms with Gasteiger partial charge in [-0.2, -0.15) is 0 Å². The zero-order valence-electron chi connectivity index (χ0n) is 23.7. The number of benzene rings is 7. The normalized spacial score (nSPS) is 10.8. The average molecular weight is 618 g/mol. The van der Waals surface area contributed by atoms with Gasteiger partial charge in [-0.1, -0.05) is 94.2 Å². The van der Waals surface area contributed by atoms with Gasteiger partial charge in [0.2, 0.25) is 0 Å². The average Bonchev–Trinajstić information content (AvgIpc) is 3.05. The summed E-state index contributed by atoms with van der Waals surface area (Å²) in [7, 11) is 3.37. The summed E-state index contributed by atoms with van der Waals surface area (Å²) in [6, 6.07) is 39.4. The highest BCUT2D eigenvalue weighted by Crippen LogP contribution is 2.34. The Morgan fingerprint density at radius 1 is 0.442 bits per heavy atom. The van der Waals surface area contributed by atoms with Crippen LogP contribution in [0.3, 0.4) is 0 Å². The molecule has 0 aliphatic heterocycles. The summed E-state index contributed by atoms with van der Waals surface area (Å²) in [5.41, 5.74) is 3.93. The summed E-state index contributed by atoms with van der Waals surface area (Å²) in [6.07, 6.45) is 0. The highest BCUT2D eigenvalue weighted by atomic mass is 79.9. The summed E-state index contributed by atoms with van der Waals surface area (Å²) in [6.45, 7) is 0. The predicted molar refractivity (Wildman–Crippen MR) is 182 cm³/mol. The molecule has 3 heteroatoms. The molecule has 0 aromatic heterocycles. The molecule has 0 aliphatic rings. The summed E-state index contributed by atoms with van der Waals surface area (Å²) >= 11 is 3.71. The number of halogens is 1. The van der Waals surface area contributed by atoms with Crippen molar-refractivity contribution in [2.45, 2.75) is 0 Å². The van der Waals surface area contributed by atoms with E-state index in [4.69, 9.17) is 9.47 Å². The lowest BCUT2D eigenvalue weighted by Crippen LogP contribution is -1.91. The molecule has 204 valence electrons. The standard InChI is InChI=1S/C40H25BrO2/c1-42-31-16-21-33-26(7-5-9-28(33)23-31)13-18-37-35-11-3-4-12-36(35)38(40-25-30(41)15-20-39(37)40)19-14-27-8-6-10-29-24-32(43-2)17-22-34(27)29/h3-12,15-17,20-25H,1-2H3. The predicted octanol–water partition coefficient (Wildman–Crippen LogP) is 9.88. The van der Waals surface area contributed by atoms with E-state index in [1.807, 2.05) is 36.4 Å². The topological polar surface area (TPSA) is 18.5 Å². The molecule has 0 spiro atoms. The first-order chi connectivity index (χ1) is 21.1. The van der Waals surface area contributed by atoms with Gasteiger partial charge < -0.3 is 9.47 Å². The molecule has 7 rings (SSSR count). The first-order valence-electron chi connectivity index (χ1n) is 13.9. The molecule has 0 bridgehead atoms. The first-order valence-corrected chi connectivity index (χ1v) is 14.7. The Kier molecular flexibility index (Phi) is 6.96. The number of hydrogen-bond acceptors (Lipinski definition) is 2. The molecule has 0 saturated heterocycles. The van der Waals surface area contributed by atoms with Crippen molar-refractivity contribution < 1.29 is 9.47 Å². The molecule has 0 saturated carbocycles. The van der Waals surface area contributed by atoms with Gasteiger partial charge in [-0.25, -0.2) is 0 Å². The molecule has 43 heavy (non-hydrogen) atoms. The van der Waals surface area contributed by atoms with Crippen LogP contribution >= 0.6 is 15.9 Å². The fourth-order valence-electron chi connectivity index (χ4n) is 5.68. The zero-order valence-corrected chi connectivity index (χ0v) is 25.3. The van der Waals surface area contributed by atoms with E-state index >= 15 is 0 Å². The highest BCUT2D eigenvalue weighted by Gasteiger charge is 2.13. The molecule has 0 N–H and O–H groups in total. The Morgan fingerprint density at radius 2 is 0.930 bits per heavy atom. The molecular formula is C40H25BrO2. The van der Waals surface area contributed by atoms with Crippen LogP contribution in [0, 0.1) is 23.7 Å². The molecular weight excluding hydrogens is 592 g/mol. The van der Waals surface area contributed by atoms with Gasteiger partial charge in [0.25, 0.3) is 0 Å². The Balaban J connectivity index is 1.44. The summed E-state index contributed by atoms with van der Waals surface area (Å²) in [4.78, 5) is 0. The lowest BCUT2D eigenvalue weighted by Gasteiger charge is -2.11. The second-order valence-electron chi connectivity index (χ2n) is 10.3. The Hall–Kier alpha value is -5.22. The summed E-state index contributed by atoms with van der Waals surface area (Å²) in [5.74, 6) is 15.8. The van der Waals surface area contributed by atoms with Crippen LogP contribution in [-0.4, -0.2) is 14.2 Å². The number of rotatable bonds is 2. The van der Waals surface area contributed by atoms with E-state index < -0.39 is 0 Å². The van der Waals surface area contributed by atoms with Gasteiger partial charge in [0.1, 0.15) is 11.5 Å². The molecule has 0 radical (unpaired) electrons. The van der Waals surface area contributed by atoms with Crippen molar-refractivity contribution in [2.75, 3.05) is 14.2 Å². The molecule has 7 aromatic carbocycles. The van der Waals surface area contributed by atoms with E-state index in [0.717, 1.165) is 81.3 Å². The fraction of sp³-hybridized carbons (Fsp3) is 0.0500. The monoisotopic (exact) mass is 616 g/mol. The Bertz CT molecular complexity index is 2350. The van der Waals surface area contributed by atoms with Gasteiger partial charge in [-0.15, -0.1) is 0 Å². The lowest BCUT2D eigenvalue weighted by atomic mass is 9.91. The Labute approximate surface area is 259 Å². The van der Waals surface area contributed by atoms with Crippen molar-refractivity contribution in [3.05, 3.63) is 142 Å². The number of ether oxygens (including phenoxy) is 2. The maximum atomic E-state index is 5.43. The summed E-state index contributed by atoms with van der Waals surface area (Å²) in [5, 5.41) is 8.69. The minimum atomic E-state index is 0.833. The first kappa shape index (κ1) is 26.7. The van der Waals surface area contributed by atoms with Crippen molar-refractivity contribution in [2.24, 2.45) is 0 Å². The zero-order chi connectivity index (χ0) is 29.3. The smallest absolute Gasteiger partial charge is 0.119 e. The van der Waals surface area contributed by atoms with Crippen molar-refractivity contribution >= 4 is 59.0 Å². The van der Waals surface area contributed by atoms with Crippen molar-refractivity contribution in [3.8, 4) is 35.2 Å². The maximum Gasteiger partial charge on any atom is 0.119 e. The number of hydrogen-bond donors (Lipinski definition) is 0. The van der Waals surface area contributed by atoms with Gasteiger partial charge in [-0.05, 0) is 98.4 Å². The minimum absolute atomic E-state index is 0.833. The van der Waals surface area contributed by atoms with Crippen molar-refractivity contribution in [3.63, 3.8) is 0 Å². The quantitative estimate of drug-likeness (QED) is 0.142. The lowest BCUT2D eigenvalue weighted by molar-refractivity contribution is 0.415. The van der Waals surface area contributed by atoms with Gasteiger partial charge in [0.05, 0.1) is 14.2 Å². The third-order valence-electron chi connectivity index (χ3n) is 7.81. The SMILES string of the molecule is COc1ccc2c(C#Cc3c4ccccc4c(C#Cc4cccc5cc(OC)ccc45)c4cc(Br)ccc34)cccc2c1. The van der Waals surface area contributed by atoms with Gasteiger partial charge in [-0.3, -0.25) is 0 Å². The van der Waals surface area contributed by atoms with Crippen LogP contribution < -0.4 is 9.47 Å². The Morgan fingerprint density at radius 3 is 1.47 bits per heavy atom. The maximum absolute atomic E-state index is 5.43. The van der Waals surface area contributed by atoms with E-state index in [9.17, 15) is 0 Å². The minimum Gasteiger partial charge on any atom is -0.497 e. The molecule has 0 fully saturated rings. The number of fused-ring (bicyclic) bond motifs is 4. The number of methoxy groups -OCH3 is 2. The third-order valence-corrected chi connectivity index (χ3v) is 8.30.